The fourth-order valence-corrected chi connectivity index (χ4v) is 8.42. The Morgan fingerprint density at radius 3 is 2.17 bits per heavy atom. The molecule has 0 bridgehead atoms. The van der Waals surface area contributed by atoms with Crippen LogP contribution in [-0.2, 0) is 26.6 Å². The van der Waals surface area contributed by atoms with Crippen LogP contribution >= 0.6 is 0 Å². The third-order valence-electron chi connectivity index (χ3n) is 10.6. The zero-order valence-corrected chi connectivity index (χ0v) is 28.5. The molecule has 5 rings (SSSR count). The van der Waals surface area contributed by atoms with Crippen molar-refractivity contribution in [2.24, 2.45) is 5.41 Å². The highest BCUT2D eigenvalue weighted by Gasteiger charge is 2.54. The average Bonchev–Trinajstić information content (AvgIpc) is 3.47. The second kappa shape index (κ2) is 10.0. The highest BCUT2D eigenvalue weighted by molar-refractivity contribution is 6.74. The summed E-state index contributed by atoms with van der Waals surface area (Å²) < 4.78 is 14.7. The molecule has 2 aromatic rings. The molecule has 0 amide bonds. The molecule has 1 aromatic carbocycles. The van der Waals surface area contributed by atoms with Crippen molar-refractivity contribution < 1.29 is 9.16 Å². The summed E-state index contributed by atoms with van der Waals surface area (Å²) >= 11 is 0. The summed E-state index contributed by atoms with van der Waals surface area (Å²) in [5.41, 5.74) is 8.05. The van der Waals surface area contributed by atoms with Crippen LogP contribution in [0.1, 0.15) is 152 Å². The lowest BCUT2D eigenvalue weighted by Gasteiger charge is -2.45. The molecule has 222 valence electrons. The minimum Gasteiger partial charge on any atom is -0.410 e. The Bertz CT molecular complexity index is 1350. The van der Waals surface area contributed by atoms with Crippen molar-refractivity contribution in [1.82, 2.24) is 4.98 Å². The summed E-state index contributed by atoms with van der Waals surface area (Å²) in [7, 11) is -2.05. The van der Waals surface area contributed by atoms with E-state index in [4.69, 9.17) is 14.1 Å². The maximum atomic E-state index is 9.71. The lowest BCUT2D eigenvalue weighted by atomic mass is 9.70. The molecule has 0 N–H and O–H groups in total. The lowest BCUT2D eigenvalue weighted by Crippen LogP contribution is -2.44. The van der Waals surface area contributed by atoms with Gasteiger partial charge >= 0.3 is 0 Å². The summed E-state index contributed by atoms with van der Waals surface area (Å²) in [6.45, 7) is 25.1. The molecule has 4 nitrogen and oxygen atoms in total. The fourth-order valence-electron chi connectivity index (χ4n) is 7.15. The smallest absolute Gasteiger partial charge is 0.192 e. The van der Waals surface area contributed by atoms with Crippen LogP contribution in [0.5, 0.6) is 0 Å². The van der Waals surface area contributed by atoms with Crippen molar-refractivity contribution in [3.8, 4) is 6.07 Å². The molecule has 41 heavy (non-hydrogen) atoms. The Morgan fingerprint density at radius 1 is 1.02 bits per heavy atom. The van der Waals surface area contributed by atoms with E-state index in [1.165, 1.54) is 40.9 Å². The maximum Gasteiger partial charge on any atom is 0.192 e. The highest BCUT2D eigenvalue weighted by Crippen LogP contribution is 2.60. The first kappa shape index (κ1) is 30.5. The molecule has 3 aliphatic rings. The Balaban J connectivity index is 1.74. The topological polar surface area (TPSA) is 55.1 Å². The standard InChI is InChI=1S/C36H52N2O2Si/c1-23(2)31-29-30(28-26(38-31)20-34(6,7)21-27(28)40-41(10,11)33(3,4)5)36(18-12-13-19-36)39-32(29)24-14-16-25(17-15-24)35(8,9)22-37/h14-17,23,27,32H,12-13,18-21H2,1-11H3/t27-,32-/m0/s1. The molecule has 0 unspecified atom stereocenters. The number of pyridine rings is 1. The Morgan fingerprint density at radius 2 is 1.63 bits per heavy atom. The Hall–Kier alpha value is -2.00. The van der Waals surface area contributed by atoms with Crippen molar-refractivity contribution in [1.29, 1.82) is 5.26 Å². The number of hydrogen-bond donors (Lipinski definition) is 0. The highest BCUT2D eigenvalue weighted by atomic mass is 28.4. The van der Waals surface area contributed by atoms with Gasteiger partial charge in [0.25, 0.3) is 0 Å². The monoisotopic (exact) mass is 572 g/mol. The van der Waals surface area contributed by atoms with Crippen LogP contribution in [-0.4, -0.2) is 13.3 Å². The second-order valence-corrected chi connectivity index (χ2v) is 21.0. The van der Waals surface area contributed by atoms with E-state index in [0.29, 0.717) is 5.92 Å². The van der Waals surface area contributed by atoms with Gasteiger partial charge in [0, 0.05) is 22.5 Å². The molecule has 1 aliphatic heterocycles. The number of nitrogens with zero attached hydrogens (tertiary/aromatic N) is 2. The number of nitriles is 1. The minimum atomic E-state index is -2.05. The van der Waals surface area contributed by atoms with Crippen molar-refractivity contribution in [2.75, 3.05) is 0 Å². The molecule has 1 fully saturated rings. The van der Waals surface area contributed by atoms with E-state index in [2.05, 4.69) is 91.9 Å². The van der Waals surface area contributed by atoms with E-state index in [-0.39, 0.29) is 28.3 Å². The first-order chi connectivity index (χ1) is 18.9. The summed E-state index contributed by atoms with van der Waals surface area (Å²) in [5.74, 6) is 0.290. The molecule has 2 heterocycles. The van der Waals surface area contributed by atoms with Crippen LogP contribution < -0.4 is 0 Å². The van der Waals surface area contributed by atoms with Gasteiger partial charge in [0.05, 0.1) is 23.2 Å². The van der Waals surface area contributed by atoms with Gasteiger partial charge in [-0.1, -0.05) is 85.6 Å². The molecular weight excluding hydrogens is 520 g/mol. The fraction of sp³-hybridized carbons (Fsp3) is 0.667. The quantitative estimate of drug-likeness (QED) is 0.335. The lowest BCUT2D eigenvalue weighted by molar-refractivity contribution is -0.0579. The number of fused-ring (bicyclic) bond motifs is 4. The third kappa shape index (κ3) is 5.23. The van der Waals surface area contributed by atoms with Gasteiger partial charge in [-0.15, -0.1) is 0 Å². The van der Waals surface area contributed by atoms with Crippen molar-refractivity contribution in [3.63, 3.8) is 0 Å². The van der Waals surface area contributed by atoms with Crippen LogP contribution in [0.4, 0.5) is 0 Å². The Labute approximate surface area is 250 Å². The molecule has 5 heteroatoms. The first-order valence-corrected chi connectivity index (χ1v) is 18.8. The average molecular weight is 573 g/mol. The zero-order chi connectivity index (χ0) is 30.2. The van der Waals surface area contributed by atoms with E-state index in [0.717, 1.165) is 36.8 Å². The first-order valence-electron chi connectivity index (χ1n) is 15.9. The molecule has 2 aliphatic carbocycles. The van der Waals surface area contributed by atoms with Gasteiger partial charge < -0.3 is 9.16 Å². The molecule has 1 spiro atoms. The maximum absolute atomic E-state index is 9.71. The van der Waals surface area contributed by atoms with E-state index in [1.54, 1.807) is 0 Å². The third-order valence-corrected chi connectivity index (χ3v) is 15.1. The van der Waals surface area contributed by atoms with Gasteiger partial charge in [-0.05, 0) is 85.7 Å². The number of aromatic nitrogens is 1. The summed E-state index contributed by atoms with van der Waals surface area (Å²) in [5, 5.41) is 9.84. The van der Waals surface area contributed by atoms with E-state index in [9.17, 15) is 5.26 Å². The van der Waals surface area contributed by atoms with Crippen LogP contribution in [0, 0.1) is 16.7 Å². The van der Waals surface area contributed by atoms with Gasteiger partial charge in [-0.25, -0.2) is 0 Å². The molecule has 1 aromatic heterocycles. The summed E-state index contributed by atoms with van der Waals surface area (Å²) in [6, 6.07) is 11.1. The van der Waals surface area contributed by atoms with Gasteiger partial charge in [0.1, 0.15) is 6.10 Å². The van der Waals surface area contributed by atoms with Crippen LogP contribution in [0.25, 0.3) is 0 Å². The Kier molecular flexibility index (Phi) is 7.45. The molecular formula is C36H52N2O2Si. The summed E-state index contributed by atoms with van der Waals surface area (Å²) in [6.07, 6.45) is 6.37. The SMILES string of the molecule is CC(C)c1nc2c(c3c1[C@H](c1ccc(C(C)(C)C#N)cc1)OC31CCCC1)[C@@H](O[Si](C)(C)C(C)(C)C)CC(C)(C)C2. The number of hydrogen-bond acceptors (Lipinski definition) is 4. The van der Waals surface area contributed by atoms with E-state index < -0.39 is 13.7 Å². The van der Waals surface area contributed by atoms with E-state index >= 15 is 0 Å². The predicted molar refractivity (Wildman–Crippen MR) is 170 cm³/mol. The normalized spacial score (nSPS) is 23.5. The number of rotatable bonds is 5. The minimum absolute atomic E-state index is 0.0377. The molecule has 2 atom stereocenters. The van der Waals surface area contributed by atoms with Gasteiger partial charge in [0.2, 0.25) is 0 Å². The van der Waals surface area contributed by atoms with Gasteiger partial charge in [-0.2, -0.15) is 5.26 Å². The molecule has 1 saturated carbocycles. The van der Waals surface area contributed by atoms with Crippen molar-refractivity contribution in [2.45, 2.75) is 148 Å². The second-order valence-electron chi connectivity index (χ2n) is 16.3. The largest absolute Gasteiger partial charge is 0.410 e. The van der Waals surface area contributed by atoms with Gasteiger partial charge in [-0.3, -0.25) is 4.98 Å². The van der Waals surface area contributed by atoms with Crippen molar-refractivity contribution in [3.05, 3.63) is 63.5 Å². The molecule has 0 radical (unpaired) electrons. The van der Waals surface area contributed by atoms with Crippen LogP contribution in [0.2, 0.25) is 18.1 Å². The zero-order valence-electron chi connectivity index (χ0n) is 27.5. The molecule has 0 saturated heterocycles. The number of benzene rings is 1. The summed E-state index contributed by atoms with van der Waals surface area (Å²) in [4.78, 5) is 5.54. The number of ether oxygens (including phenoxy) is 1. The van der Waals surface area contributed by atoms with Crippen LogP contribution in [0.3, 0.4) is 0 Å². The van der Waals surface area contributed by atoms with Crippen molar-refractivity contribution >= 4 is 8.32 Å². The predicted octanol–water partition coefficient (Wildman–Crippen LogP) is 9.93. The van der Waals surface area contributed by atoms with E-state index in [1.807, 2.05) is 13.8 Å². The van der Waals surface area contributed by atoms with Gasteiger partial charge in [0.15, 0.2) is 8.32 Å². The van der Waals surface area contributed by atoms with Crippen LogP contribution in [0.15, 0.2) is 24.3 Å².